The normalized spacial score (nSPS) is 10.6. The fourth-order valence-electron chi connectivity index (χ4n) is 2.04. The van der Waals surface area contributed by atoms with Crippen molar-refractivity contribution in [2.45, 2.75) is 26.7 Å². The van der Waals surface area contributed by atoms with Gasteiger partial charge < -0.3 is 10.3 Å². The Bertz CT molecular complexity index is 641. The average molecular weight is 270 g/mol. The third-order valence-electron chi connectivity index (χ3n) is 3.14. The second-order valence-corrected chi connectivity index (χ2v) is 5.04. The van der Waals surface area contributed by atoms with Gasteiger partial charge in [-0.3, -0.25) is 9.59 Å². The molecule has 104 valence electrons. The molecule has 1 heterocycles. The maximum Gasteiger partial charge on any atom is 0.272 e. The summed E-state index contributed by atoms with van der Waals surface area (Å²) in [4.78, 5) is 26.2. The van der Waals surface area contributed by atoms with Crippen molar-refractivity contribution < 1.29 is 9.59 Å². The largest absolute Gasteiger partial charge is 0.348 e. The van der Waals surface area contributed by atoms with Gasteiger partial charge in [0.25, 0.3) is 5.91 Å². The molecule has 0 radical (unpaired) electrons. The number of H-pyrrole nitrogens is 1. The Kier molecular flexibility index (Phi) is 4.03. The van der Waals surface area contributed by atoms with Crippen LogP contribution in [0.4, 0.5) is 5.69 Å². The molecule has 0 bridgehead atoms. The van der Waals surface area contributed by atoms with Crippen molar-refractivity contribution >= 4 is 17.4 Å². The van der Waals surface area contributed by atoms with Crippen molar-refractivity contribution in [3.63, 3.8) is 0 Å². The maximum absolute atomic E-state index is 12.2. The maximum atomic E-state index is 12.2. The van der Waals surface area contributed by atoms with E-state index in [4.69, 9.17) is 0 Å². The highest BCUT2D eigenvalue weighted by atomic mass is 16.2. The van der Waals surface area contributed by atoms with E-state index in [0.29, 0.717) is 17.3 Å². The van der Waals surface area contributed by atoms with Gasteiger partial charge in [0.15, 0.2) is 5.78 Å². The molecule has 1 aromatic carbocycles. The molecule has 0 fully saturated rings. The van der Waals surface area contributed by atoms with Crippen molar-refractivity contribution in [1.82, 2.24) is 4.98 Å². The first-order valence-electron chi connectivity index (χ1n) is 6.59. The van der Waals surface area contributed by atoms with Crippen molar-refractivity contribution in [2.75, 3.05) is 5.32 Å². The van der Waals surface area contributed by atoms with Gasteiger partial charge in [-0.05, 0) is 29.7 Å². The van der Waals surface area contributed by atoms with Crippen molar-refractivity contribution in [1.29, 1.82) is 0 Å². The Morgan fingerprint density at radius 2 is 1.70 bits per heavy atom. The van der Waals surface area contributed by atoms with Gasteiger partial charge in [0.05, 0.1) is 5.69 Å². The summed E-state index contributed by atoms with van der Waals surface area (Å²) in [6.45, 7) is 5.61. The van der Waals surface area contributed by atoms with E-state index in [9.17, 15) is 9.59 Å². The zero-order valence-corrected chi connectivity index (χ0v) is 11.9. The Morgan fingerprint density at radius 1 is 1.05 bits per heavy atom. The number of anilines is 1. The number of para-hydroxylation sites is 1. The molecule has 0 aliphatic rings. The SMILES string of the molecule is CC(=O)c1ccc(C(=O)Nc2ccccc2C(C)C)[nH]1. The van der Waals surface area contributed by atoms with Crippen LogP contribution in [0.1, 0.15) is 53.2 Å². The molecule has 0 saturated carbocycles. The number of nitrogens with one attached hydrogen (secondary N) is 2. The minimum Gasteiger partial charge on any atom is -0.348 e. The number of benzene rings is 1. The van der Waals surface area contributed by atoms with Crippen LogP contribution in [0.3, 0.4) is 0 Å². The summed E-state index contributed by atoms with van der Waals surface area (Å²) in [7, 11) is 0. The third-order valence-corrected chi connectivity index (χ3v) is 3.14. The van der Waals surface area contributed by atoms with Crippen LogP contribution in [0.15, 0.2) is 36.4 Å². The topological polar surface area (TPSA) is 62.0 Å². The van der Waals surface area contributed by atoms with Crippen LogP contribution in [-0.2, 0) is 0 Å². The molecule has 0 unspecified atom stereocenters. The Balaban J connectivity index is 2.21. The molecular formula is C16H18N2O2. The number of aromatic nitrogens is 1. The van der Waals surface area contributed by atoms with Crippen LogP contribution >= 0.6 is 0 Å². The van der Waals surface area contributed by atoms with E-state index < -0.39 is 0 Å². The Morgan fingerprint density at radius 3 is 2.30 bits per heavy atom. The molecular weight excluding hydrogens is 252 g/mol. The molecule has 2 aromatic rings. The minimum absolute atomic E-state index is 0.0911. The number of hydrogen-bond donors (Lipinski definition) is 2. The van der Waals surface area contributed by atoms with E-state index in [2.05, 4.69) is 24.1 Å². The predicted molar refractivity (Wildman–Crippen MR) is 79.3 cm³/mol. The van der Waals surface area contributed by atoms with Crippen LogP contribution in [0.2, 0.25) is 0 Å². The lowest BCUT2D eigenvalue weighted by Crippen LogP contribution is -2.14. The second-order valence-electron chi connectivity index (χ2n) is 5.04. The lowest BCUT2D eigenvalue weighted by molar-refractivity contribution is 0.101. The third kappa shape index (κ3) is 2.96. The van der Waals surface area contributed by atoms with E-state index in [1.807, 2.05) is 24.3 Å². The van der Waals surface area contributed by atoms with Gasteiger partial charge in [0, 0.05) is 12.6 Å². The fraction of sp³-hybridized carbons (Fsp3) is 0.250. The number of amides is 1. The number of carbonyl (C=O) groups excluding carboxylic acids is 2. The molecule has 0 spiro atoms. The molecule has 2 rings (SSSR count). The molecule has 0 atom stereocenters. The molecule has 1 aromatic heterocycles. The van der Waals surface area contributed by atoms with Gasteiger partial charge in [0.1, 0.15) is 5.69 Å². The summed E-state index contributed by atoms with van der Waals surface area (Å²) in [5.74, 6) is -0.0137. The van der Waals surface area contributed by atoms with E-state index >= 15 is 0 Å². The van der Waals surface area contributed by atoms with Gasteiger partial charge in [0.2, 0.25) is 0 Å². The molecule has 4 heteroatoms. The first-order chi connectivity index (χ1) is 9.49. The van der Waals surface area contributed by atoms with Crippen molar-refractivity contribution in [3.05, 3.63) is 53.3 Å². The number of carbonyl (C=O) groups is 2. The number of rotatable bonds is 4. The monoisotopic (exact) mass is 270 g/mol. The van der Waals surface area contributed by atoms with E-state index in [0.717, 1.165) is 11.3 Å². The lowest BCUT2D eigenvalue weighted by atomic mass is 10.0. The zero-order chi connectivity index (χ0) is 14.7. The van der Waals surface area contributed by atoms with Crippen molar-refractivity contribution in [3.8, 4) is 0 Å². The minimum atomic E-state index is -0.245. The van der Waals surface area contributed by atoms with Gasteiger partial charge in [-0.15, -0.1) is 0 Å². The van der Waals surface area contributed by atoms with Crippen LogP contribution < -0.4 is 5.32 Å². The van der Waals surface area contributed by atoms with Crippen LogP contribution in [-0.4, -0.2) is 16.7 Å². The van der Waals surface area contributed by atoms with E-state index in [1.54, 1.807) is 12.1 Å². The van der Waals surface area contributed by atoms with Crippen LogP contribution in [0.25, 0.3) is 0 Å². The second kappa shape index (κ2) is 5.74. The number of aromatic amines is 1. The standard InChI is InChI=1S/C16H18N2O2/c1-10(2)12-6-4-5-7-14(12)18-16(20)15-9-8-13(17-15)11(3)19/h4-10,17H,1-3H3,(H,18,20). The van der Waals surface area contributed by atoms with Gasteiger partial charge in [-0.2, -0.15) is 0 Å². The molecule has 0 saturated heterocycles. The van der Waals surface area contributed by atoms with Gasteiger partial charge >= 0.3 is 0 Å². The average Bonchev–Trinajstić information content (AvgIpc) is 2.89. The highest BCUT2D eigenvalue weighted by Crippen LogP contribution is 2.24. The lowest BCUT2D eigenvalue weighted by Gasteiger charge is -2.13. The zero-order valence-electron chi connectivity index (χ0n) is 11.9. The fourth-order valence-corrected chi connectivity index (χ4v) is 2.04. The number of ketones is 1. The number of hydrogen-bond acceptors (Lipinski definition) is 2. The summed E-state index contributed by atoms with van der Waals surface area (Å²) in [5.41, 5.74) is 2.70. The van der Waals surface area contributed by atoms with Crippen LogP contribution in [0.5, 0.6) is 0 Å². The summed E-state index contributed by atoms with van der Waals surface area (Å²) < 4.78 is 0. The quantitative estimate of drug-likeness (QED) is 0.834. The van der Waals surface area contributed by atoms with Gasteiger partial charge in [-0.25, -0.2) is 0 Å². The molecule has 0 aliphatic heterocycles. The molecule has 4 nitrogen and oxygen atoms in total. The first kappa shape index (κ1) is 14.1. The highest BCUT2D eigenvalue weighted by Gasteiger charge is 2.13. The van der Waals surface area contributed by atoms with Crippen LogP contribution in [0, 0.1) is 0 Å². The number of Topliss-reactive ketones (excluding diaryl/α,β-unsaturated/α-hetero) is 1. The Labute approximate surface area is 118 Å². The Hall–Kier alpha value is -2.36. The predicted octanol–water partition coefficient (Wildman–Crippen LogP) is 3.59. The summed E-state index contributed by atoms with van der Waals surface area (Å²) in [5, 5.41) is 2.88. The molecule has 20 heavy (non-hydrogen) atoms. The molecule has 0 aliphatic carbocycles. The summed E-state index contributed by atoms with van der Waals surface area (Å²) in [6, 6.07) is 10.9. The van der Waals surface area contributed by atoms with Gasteiger partial charge in [-0.1, -0.05) is 32.0 Å². The highest BCUT2D eigenvalue weighted by molar-refractivity contribution is 6.04. The summed E-state index contributed by atoms with van der Waals surface area (Å²) in [6.07, 6.45) is 0. The summed E-state index contributed by atoms with van der Waals surface area (Å²) >= 11 is 0. The van der Waals surface area contributed by atoms with E-state index in [-0.39, 0.29) is 11.7 Å². The first-order valence-corrected chi connectivity index (χ1v) is 6.59. The molecule has 2 N–H and O–H groups in total. The smallest absolute Gasteiger partial charge is 0.272 e. The van der Waals surface area contributed by atoms with E-state index in [1.165, 1.54) is 6.92 Å². The molecule has 1 amide bonds. The van der Waals surface area contributed by atoms with Crippen molar-refractivity contribution in [2.24, 2.45) is 0 Å².